The third-order valence-corrected chi connectivity index (χ3v) is 5.49. The number of thiazole rings is 1. The second kappa shape index (κ2) is 8.54. The summed E-state index contributed by atoms with van der Waals surface area (Å²) in [6.45, 7) is 4.24. The van der Waals surface area contributed by atoms with Gasteiger partial charge in [-0.1, -0.05) is 23.5 Å². The average Bonchev–Trinajstić information content (AvgIpc) is 3.30. The first-order valence-corrected chi connectivity index (χ1v) is 10.3. The van der Waals surface area contributed by atoms with Crippen molar-refractivity contribution in [3.05, 3.63) is 58.4 Å². The smallest absolute Gasteiger partial charge is 0.326 e. The number of carbonyl (C=O) groups is 2. The van der Waals surface area contributed by atoms with E-state index in [0.29, 0.717) is 22.9 Å². The van der Waals surface area contributed by atoms with Gasteiger partial charge in [-0.05, 0) is 55.3 Å². The van der Waals surface area contributed by atoms with Crippen molar-refractivity contribution < 1.29 is 23.8 Å². The first kappa shape index (κ1) is 19.9. The minimum absolute atomic E-state index is 0.00507. The van der Waals surface area contributed by atoms with Gasteiger partial charge >= 0.3 is 5.97 Å². The molecule has 3 aromatic rings. The van der Waals surface area contributed by atoms with E-state index in [4.69, 9.17) is 14.2 Å². The van der Waals surface area contributed by atoms with Crippen LogP contribution < -0.4 is 14.3 Å². The zero-order valence-electron chi connectivity index (χ0n) is 16.6. The average molecular weight is 424 g/mol. The molecule has 0 radical (unpaired) electrons. The number of aryl methyl sites for hydroxylation is 1. The topological polar surface area (TPSA) is 79.1 Å². The zero-order valence-corrected chi connectivity index (χ0v) is 17.4. The van der Waals surface area contributed by atoms with E-state index in [-0.39, 0.29) is 19.3 Å². The Morgan fingerprint density at radius 3 is 2.87 bits per heavy atom. The highest BCUT2D eigenvalue weighted by Crippen LogP contribution is 2.32. The minimum atomic E-state index is -0.423. The number of carbonyl (C=O) groups excluding carboxylic acids is 2. The molecule has 2 heterocycles. The monoisotopic (exact) mass is 424 g/mol. The minimum Gasteiger partial charge on any atom is -0.465 e. The van der Waals surface area contributed by atoms with Crippen LogP contribution in [-0.4, -0.2) is 29.8 Å². The van der Waals surface area contributed by atoms with Crippen molar-refractivity contribution in [3.63, 3.8) is 0 Å². The van der Waals surface area contributed by atoms with Gasteiger partial charge in [-0.15, -0.1) is 0 Å². The Hall–Kier alpha value is -3.39. The lowest BCUT2D eigenvalue weighted by Crippen LogP contribution is -2.22. The molecule has 0 atom stereocenters. The van der Waals surface area contributed by atoms with E-state index in [1.165, 1.54) is 17.4 Å². The lowest BCUT2D eigenvalue weighted by molar-refractivity contribution is -0.143. The molecule has 0 spiro atoms. The standard InChI is InChI=1S/C22H20N2O5S/c1-3-27-21(26)12-24-16-7-4-14(2)10-19(16)30-22(24)23-20(25)9-6-15-5-8-17-18(11-15)29-13-28-17/h4-11H,3,12-13H2,1-2H3. The molecular formula is C22H20N2O5S. The molecule has 154 valence electrons. The summed E-state index contributed by atoms with van der Waals surface area (Å²) < 4.78 is 18.4. The predicted molar refractivity (Wildman–Crippen MR) is 113 cm³/mol. The number of esters is 1. The number of benzene rings is 2. The Morgan fingerprint density at radius 1 is 1.20 bits per heavy atom. The number of amides is 1. The quantitative estimate of drug-likeness (QED) is 0.463. The van der Waals surface area contributed by atoms with E-state index in [1.54, 1.807) is 29.7 Å². The highest BCUT2D eigenvalue weighted by atomic mass is 32.1. The maximum atomic E-state index is 12.5. The van der Waals surface area contributed by atoms with Crippen LogP contribution >= 0.6 is 11.3 Å². The molecule has 0 aliphatic carbocycles. The van der Waals surface area contributed by atoms with Gasteiger partial charge in [-0.25, -0.2) is 0 Å². The highest BCUT2D eigenvalue weighted by molar-refractivity contribution is 7.16. The van der Waals surface area contributed by atoms with E-state index in [2.05, 4.69) is 4.99 Å². The van der Waals surface area contributed by atoms with Crippen LogP contribution in [0.4, 0.5) is 0 Å². The van der Waals surface area contributed by atoms with Crippen molar-refractivity contribution in [3.8, 4) is 11.5 Å². The van der Waals surface area contributed by atoms with Gasteiger partial charge in [0.25, 0.3) is 5.91 Å². The summed E-state index contributed by atoms with van der Waals surface area (Å²) in [6.07, 6.45) is 3.06. The number of fused-ring (bicyclic) bond motifs is 2. The van der Waals surface area contributed by atoms with Crippen LogP contribution in [0, 0.1) is 6.92 Å². The van der Waals surface area contributed by atoms with Crippen molar-refractivity contribution in [2.45, 2.75) is 20.4 Å². The van der Waals surface area contributed by atoms with Gasteiger partial charge in [-0.3, -0.25) is 9.59 Å². The number of aromatic nitrogens is 1. The van der Waals surface area contributed by atoms with Crippen LogP contribution in [0.5, 0.6) is 11.5 Å². The van der Waals surface area contributed by atoms with Crippen LogP contribution in [0.1, 0.15) is 18.1 Å². The third kappa shape index (κ3) is 4.28. The molecule has 8 heteroatoms. The van der Waals surface area contributed by atoms with Crippen molar-refractivity contribution in [1.82, 2.24) is 4.57 Å². The lowest BCUT2D eigenvalue weighted by Gasteiger charge is -2.05. The first-order valence-electron chi connectivity index (χ1n) is 9.45. The number of hydrogen-bond donors (Lipinski definition) is 0. The highest BCUT2D eigenvalue weighted by Gasteiger charge is 2.13. The maximum absolute atomic E-state index is 12.5. The third-order valence-electron chi connectivity index (χ3n) is 4.45. The molecule has 1 amide bonds. The molecule has 2 aromatic carbocycles. The van der Waals surface area contributed by atoms with Crippen LogP contribution in [-0.2, 0) is 20.9 Å². The van der Waals surface area contributed by atoms with E-state index in [1.807, 2.05) is 31.2 Å². The Balaban J connectivity index is 1.65. The fourth-order valence-corrected chi connectivity index (χ4v) is 4.20. The zero-order chi connectivity index (χ0) is 21.1. The summed E-state index contributed by atoms with van der Waals surface area (Å²) in [4.78, 5) is 29.2. The summed E-state index contributed by atoms with van der Waals surface area (Å²) in [7, 11) is 0. The fourth-order valence-electron chi connectivity index (χ4n) is 3.07. The maximum Gasteiger partial charge on any atom is 0.326 e. The SMILES string of the molecule is CCOC(=O)Cn1c(=NC(=O)C=Cc2ccc3c(c2)OCO3)sc2cc(C)ccc21. The molecule has 0 N–H and O–H groups in total. The Labute approximate surface area is 176 Å². The Kier molecular flexibility index (Phi) is 5.67. The van der Waals surface area contributed by atoms with Gasteiger partial charge in [-0.2, -0.15) is 4.99 Å². The molecular weight excluding hydrogens is 404 g/mol. The second-order valence-electron chi connectivity index (χ2n) is 6.64. The molecule has 0 saturated heterocycles. The van der Waals surface area contributed by atoms with E-state index < -0.39 is 5.91 Å². The number of ether oxygens (including phenoxy) is 3. The molecule has 0 saturated carbocycles. The van der Waals surface area contributed by atoms with Gasteiger partial charge in [0.1, 0.15) is 6.54 Å². The van der Waals surface area contributed by atoms with Crippen LogP contribution in [0.15, 0.2) is 47.5 Å². The summed E-state index contributed by atoms with van der Waals surface area (Å²) in [5, 5.41) is 0. The normalized spacial score (nSPS) is 13.3. The summed E-state index contributed by atoms with van der Waals surface area (Å²) in [5.41, 5.74) is 2.73. The fraction of sp³-hybridized carbons (Fsp3) is 0.227. The Morgan fingerprint density at radius 2 is 2.03 bits per heavy atom. The van der Waals surface area contributed by atoms with Gasteiger partial charge < -0.3 is 18.8 Å². The second-order valence-corrected chi connectivity index (χ2v) is 7.65. The van der Waals surface area contributed by atoms with E-state index in [9.17, 15) is 9.59 Å². The van der Waals surface area contributed by atoms with Crippen LogP contribution in [0.3, 0.4) is 0 Å². The van der Waals surface area contributed by atoms with E-state index in [0.717, 1.165) is 21.3 Å². The molecule has 1 aliphatic heterocycles. The van der Waals surface area contributed by atoms with Crippen molar-refractivity contribution in [2.75, 3.05) is 13.4 Å². The predicted octanol–water partition coefficient (Wildman–Crippen LogP) is 3.44. The van der Waals surface area contributed by atoms with Crippen LogP contribution in [0.2, 0.25) is 0 Å². The van der Waals surface area contributed by atoms with Gasteiger partial charge in [0.15, 0.2) is 16.3 Å². The van der Waals surface area contributed by atoms with Crippen molar-refractivity contribution >= 4 is 39.5 Å². The molecule has 0 fully saturated rings. The van der Waals surface area contributed by atoms with Gasteiger partial charge in [0.05, 0.1) is 16.8 Å². The van der Waals surface area contributed by atoms with Gasteiger partial charge in [0.2, 0.25) is 6.79 Å². The van der Waals surface area contributed by atoms with Gasteiger partial charge in [0, 0.05) is 6.08 Å². The summed E-state index contributed by atoms with van der Waals surface area (Å²) in [5.74, 6) is 0.536. The number of hydrogen-bond acceptors (Lipinski definition) is 6. The van der Waals surface area contributed by atoms with Crippen molar-refractivity contribution in [2.24, 2.45) is 4.99 Å². The lowest BCUT2D eigenvalue weighted by atomic mass is 10.2. The van der Waals surface area contributed by atoms with Crippen molar-refractivity contribution in [1.29, 1.82) is 0 Å². The molecule has 7 nitrogen and oxygen atoms in total. The Bertz CT molecular complexity index is 1220. The molecule has 30 heavy (non-hydrogen) atoms. The molecule has 4 rings (SSSR count). The number of nitrogens with zero attached hydrogens (tertiary/aromatic N) is 2. The van der Waals surface area contributed by atoms with E-state index >= 15 is 0 Å². The summed E-state index contributed by atoms with van der Waals surface area (Å²) >= 11 is 1.36. The molecule has 1 aromatic heterocycles. The van der Waals surface area contributed by atoms with Crippen LogP contribution in [0.25, 0.3) is 16.3 Å². The molecule has 1 aliphatic rings. The first-order chi connectivity index (χ1) is 14.5. The largest absolute Gasteiger partial charge is 0.465 e. The number of rotatable bonds is 5. The summed E-state index contributed by atoms with van der Waals surface area (Å²) in [6, 6.07) is 11.3. The molecule has 0 unspecified atom stereocenters. The molecule has 0 bridgehead atoms.